The number of benzene rings is 1. The van der Waals surface area contributed by atoms with E-state index in [4.69, 9.17) is 5.73 Å². The molecule has 0 aliphatic rings. The van der Waals surface area contributed by atoms with Crippen molar-refractivity contribution in [2.45, 2.75) is 45.1 Å². The molecule has 106 valence electrons. The molecule has 2 unspecified atom stereocenters. The molecule has 0 aliphatic carbocycles. The molecule has 0 radical (unpaired) electrons. The molecule has 0 aromatic heterocycles. The normalized spacial score (nSPS) is 15.6. The lowest BCUT2D eigenvalue weighted by molar-refractivity contribution is -0.123. The van der Waals surface area contributed by atoms with E-state index in [1.165, 1.54) is 0 Å². The minimum absolute atomic E-state index is 0.0954. The van der Waals surface area contributed by atoms with Gasteiger partial charge in [0.15, 0.2) is 0 Å². The molecule has 1 rings (SSSR count). The van der Waals surface area contributed by atoms with Gasteiger partial charge in [0.2, 0.25) is 5.91 Å². The van der Waals surface area contributed by atoms with Crippen LogP contribution in [-0.2, 0) is 4.79 Å². The Morgan fingerprint density at radius 2 is 2.21 bits per heavy atom. The maximum Gasteiger partial charge on any atom is 0.227 e. The Hall–Kier alpha value is -1.55. The summed E-state index contributed by atoms with van der Waals surface area (Å²) >= 11 is 0. The van der Waals surface area contributed by atoms with Crippen LogP contribution in [0.25, 0.3) is 0 Å². The number of nitrogen functional groups attached to an aromatic ring is 1. The highest BCUT2D eigenvalue weighted by atomic mass is 16.3. The summed E-state index contributed by atoms with van der Waals surface area (Å²) < 4.78 is 0. The maximum atomic E-state index is 12.0. The Balaban J connectivity index is 2.59. The zero-order valence-electron chi connectivity index (χ0n) is 11.9. The standard InChI is InChI=1S/C15H24N2O2/c1-4-8-15(3,19)10-17-14(18)11(2)12-6-5-7-13(16)9-12/h5-7,9,11,19H,4,8,10,16H2,1-3H3,(H,17,18). The first-order chi connectivity index (χ1) is 8.85. The Labute approximate surface area is 115 Å². The van der Waals surface area contributed by atoms with Crippen LogP contribution in [0.5, 0.6) is 0 Å². The molecule has 0 saturated carbocycles. The van der Waals surface area contributed by atoms with Crippen LogP contribution in [0.1, 0.15) is 45.1 Å². The fourth-order valence-electron chi connectivity index (χ4n) is 2.04. The quantitative estimate of drug-likeness (QED) is 0.688. The third kappa shape index (κ3) is 4.91. The molecule has 0 saturated heterocycles. The Morgan fingerprint density at radius 3 is 2.79 bits per heavy atom. The van der Waals surface area contributed by atoms with Gasteiger partial charge in [-0.25, -0.2) is 0 Å². The summed E-state index contributed by atoms with van der Waals surface area (Å²) in [5.74, 6) is -0.372. The van der Waals surface area contributed by atoms with Crippen molar-refractivity contribution < 1.29 is 9.90 Å². The van der Waals surface area contributed by atoms with Gasteiger partial charge in [-0.2, -0.15) is 0 Å². The molecule has 0 fully saturated rings. The van der Waals surface area contributed by atoms with Gasteiger partial charge in [-0.15, -0.1) is 0 Å². The minimum atomic E-state index is -0.847. The van der Waals surface area contributed by atoms with Crippen LogP contribution in [0, 0.1) is 0 Å². The van der Waals surface area contributed by atoms with Gasteiger partial charge < -0.3 is 16.2 Å². The number of hydrogen-bond acceptors (Lipinski definition) is 3. The lowest BCUT2D eigenvalue weighted by atomic mass is 9.98. The van der Waals surface area contributed by atoms with E-state index in [1.807, 2.05) is 26.0 Å². The smallest absolute Gasteiger partial charge is 0.227 e. The predicted molar refractivity (Wildman–Crippen MR) is 77.8 cm³/mol. The third-order valence-corrected chi connectivity index (χ3v) is 3.24. The fourth-order valence-corrected chi connectivity index (χ4v) is 2.04. The maximum absolute atomic E-state index is 12.0. The number of nitrogens with two attached hydrogens (primary N) is 1. The van der Waals surface area contributed by atoms with E-state index in [9.17, 15) is 9.90 Å². The van der Waals surface area contributed by atoms with Crippen molar-refractivity contribution in [2.75, 3.05) is 12.3 Å². The highest BCUT2D eigenvalue weighted by Crippen LogP contribution is 2.18. The van der Waals surface area contributed by atoms with Crippen molar-refractivity contribution in [3.05, 3.63) is 29.8 Å². The van der Waals surface area contributed by atoms with Crippen molar-refractivity contribution >= 4 is 11.6 Å². The molecule has 1 amide bonds. The van der Waals surface area contributed by atoms with Crippen molar-refractivity contribution in [1.82, 2.24) is 5.32 Å². The van der Waals surface area contributed by atoms with Gasteiger partial charge in [-0.05, 0) is 38.0 Å². The molecular formula is C15H24N2O2. The summed E-state index contributed by atoms with van der Waals surface area (Å²) in [5, 5.41) is 12.8. The molecule has 4 N–H and O–H groups in total. The van der Waals surface area contributed by atoms with Gasteiger partial charge in [0.05, 0.1) is 11.5 Å². The highest BCUT2D eigenvalue weighted by Gasteiger charge is 2.22. The van der Waals surface area contributed by atoms with Gasteiger partial charge in [0, 0.05) is 12.2 Å². The lowest BCUT2D eigenvalue weighted by Gasteiger charge is -2.24. The van der Waals surface area contributed by atoms with Gasteiger partial charge >= 0.3 is 0 Å². The second-order valence-corrected chi connectivity index (χ2v) is 5.36. The van der Waals surface area contributed by atoms with Crippen molar-refractivity contribution in [1.29, 1.82) is 0 Å². The first-order valence-corrected chi connectivity index (χ1v) is 6.71. The third-order valence-electron chi connectivity index (χ3n) is 3.24. The number of carbonyl (C=O) groups is 1. The molecular weight excluding hydrogens is 240 g/mol. The number of hydrogen-bond donors (Lipinski definition) is 3. The Kier molecular flexibility index (Phi) is 5.36. The molecule has 4 nitrogen and oxygen atoms in total. The second-order valence-electron chi connectivity index (χ2n) is 5.36. The zero-order chi connectivity index (χ0) is 14.5. The van der Waals surface area contributed by atoms with Crippen molar-refractivity contribution in [3.8, 4) is 0 Å². The minimum Gasteiger partial charge on any atom is -0.399 e. The van der Waals surface area contributed by atoms with Gasteiger partial charge in [-0.3, -0.25) is 4.79 Å². The first-order valence-electron chi connectivity index (χ1n) is 6.71. The second kappa shape index (κ2) is 6.57. The summed E-state index contributed by atoms with van der Waals surface area (Å²) in [6.45, 7) is 5.85. The highest BCUT2D eigenvalue weighted by molar-refractivity contribution is 5.83. The summed E-state index contributed by atoms with van der Waals surface area (Å²) in [4.78, 5) is 12.0. The Bertz CT molecular complexity index is 430. The average Bonchev–Trinajstić information content (AvgIpc) is 2.35. The molecule has 19 heavy (non-hydrogen) atoms. The van der Waals surface area contributed by atoms with Crippen LogP contribution < -0.4 is 11.1 Å². The predicted octanol–water partition coefficient (Wildman–Crippen LogP) is 2.04. The number of rotatable bonds is 6. The van der Waals surface area contributed by atoms with Crippen LogP contribution in [0.15, 0.2) is 24.3 Å². The van der Waals surface area contributed by atoms with E-state index < -0.39 is 5.60 Å². The van der Waals surface area contributed by atoms with Crippen molar-refractivity contribution in [3.63, 3.8) is 0 Å². The molecule has 0 spiro atoms. The van der Waals surface area contributed by atoms with Gasteiger partial charge in [0.1, 0.15) is 0 Å². The van der Waals surface area contributed by atoms with Crippen LogP contribution in [0.3, 0.4) is 0 Å². The Morgan fingerprint density at radius 1 is 1.53 bits per heavy atom. The van der Waals surface area contributed by atoms with Crippen LogP contribution in [0.4, 0.5) is 5.69 Å². The number of carbonyl (C=O) groups excluding carboxylic acids is 1. The summed E-state index contributed by atoms with van der Waals surface area (Å²) in [5.41, 5.74) is 6.39. The van der Waals surface area contributed by atoms with E-state index in [-0.39, 0.29) is 18.4 Å². The zero-order valence-corrected chi connectivity index (χ0v) is 11.9. The molecule has 1 aromatic carbocycles. The van der Waals surface area contributed by atoms with Gasteiger partial charge in [-0.1, -0.05) is 25.5 Å². The van der Waals surface area contributed by atoms with Crippen LogP contribution in [-0.4, -0.2) is 23.2 Å². The largest absolute Gasteiger partial charge is 0.399 e. The number of amides is 1. The number of aliphatic hydroxyl groups is 1. The average molecular weight is 264 g/mol. The van der Waals surface area contributed by atoms with E-state index in [0.29, 0.717) is 12.1 Å². The van der Waals surface area contributed by atoms with E-state index in [0.717, 1.165) is 12.0 Å². The van der Waals surface area contributed by atoms with Crippen LogP contribution in [0.2, 0.25) is 0 Å². The molecule has 0 bridgehead atoms. The molecule has 0 heterocycles. The summed E-state index contributed by atoms with van der Waals surface area (Å²) in [7, 11) is 0. The van der Waals surface area contributed by atoms with Gasteiger partial charge in [0.25, 0.3) is 0 Å². The molecule has 0 aliphatic heterocycles. The number of anilines is 1. The summed E-state index contributed by atoms with van der Waals surface area (Å²) in [6.07, 6.45) is 1.55. The number of nitrogens with one attached hydrogen (secondary N) is 1. The van der Waals surface area contributed by atoms with Crippen LogP contribution >= 0.6 is 0 Å². The van der Waals surface area contributed by atoms with E-state index in [1.54, 1.807) is 19.1 Å². The lowest BCUT2D eigenvalue weighted by Crippen LogP contribution is -2.41. The molecule has 2 atom stereocenters. The SMILES string of the molecule is CCCC(C)(O)CNC(=O)C(C)c1cccc(N)c1. The first kappa shape index (κ1) is 15.5. The van der Waals surface area contributed by atoms with E-state index in [2.05, 4.69) is 5.32 Å². The van der Waals surface area contributed by atoms with Crippen molar-refractivity contribution in [2.24, 2.45) is 0 Å². The monoisotopic (exact) mass is 264 g/mol. The molecule has 4 heteroatoms. The fraction of sp³-hybridized carbons (Fsp3) is 0.533. The topological polar surface area (TPSA) is 75.3 Å². The molecule has 1 aromatic rings. The van der Waals surface area contributed by atoms with E-state index >= 15 is 0 Å². The summed E-state index contributed by atoms with van der Waals surface area (Å²) in [6, 6.07) is 7.31.